The summed E-state index contributed by atoms with van der Waals surface area (Å²) in [5, 5.41) is 7.82. The van der Waals surface area contributed by atoms with Crippen LogP contribution in [-0.2, 0) is 6.42 Å². The molecule has 0 radical (unpaired) electrons. The molecule has 0 saturated carbocycles. The number of piperidine rings is 1. The van der Waals surface area contributed by atoms with Crippen LogP contribution in [0.25, 0.3) is 0 Å². The summed E-state index contributed by atoms with van der Waals surface area (Å²) in [5.41, 5.74) is 8.17. The Bertz CT molecular complexity index is 630. The summed E-state index contributed by atoms with van der Waals surface area (Å²) in [6, 6.07) is 0.473. The molecule has 23 heavy (non-hydrogen) atoms. The van der Waals surface area contributed by atoms with E-state index in [2.05, 4.69) is 36.6 Å². The van der Waals surface area contributed by atoms with Crippen molar-refractivity contribution in [1.82, 2.24) is 24.7 Å². The van der Waals surface area contributed by atoms with Crippen LogP contribution in [-0.4, -0.2) is 37.8 Å². The van der Waals surface area contributed by atoms with E-state index >= 15 is 0 Å². The number of anilines is 2. The van der Waals surface area contributed by atoms with Gasteiger partial charge in [-0.3, -0.25) is 0 Å². The fourth-order valence-electron chi connectivity index (χ4n) is 3.28. The smallest absolute Gasteiger partial charge is 0.222 e. The molecule has 7 nitrogen and oxygen atoms in total. The number of aromatic nitrogens is 5. The zero-order valence-electron chi connectivity index (χ0n) is 13.9. The third kappa shape index (κ3) is 3.43. The largest absolute Gasteiger partial charge is 0.368 e. The Balaban J connectivity index is 1.77. The minimum absolute atomic E-state index is 0.374. The summed E-state index contributed by atoms with van der Waals surface area (Å²) in [7, 11) is 0. The fraction of sp³-hybridized carbons (Fsp3) is 0.625. The summed E-state index contributed by atoms with van der Waals surface area (Å²) in [6.07, 6.45) is 9.07. The predicted molar refractivity (Wildman–Crippen MR) is 90.3 cm³/mol. The van der Waals surface area contributed by atoms with Crippen molar-refractivity contribution in [2.75, 3.05) is 23.7 Å². The molecule has 1 fully saturated rings. The highest BCUT2D eigenvalue weighted by molar-refractivity contribution is 5.52. The molecule has 2 aromatic rings. The second-order valence-corrected chi connectivity index (χ2v) is 6.20. The van der Waals surface area contributed by atoms with Gasteiger partial charge in [-0.2, -0.15) is 4.98 Å². The summed E-state index contributed by atoms with van der Waals surface area (Å²) in [6.45, 7) is 6.18. The predicted octanol–water partition coefficient (Wildman–Crippen LogP) is 2.14. The van der Waals surface area contributed by atoms with E-state index in [1.807, 2.05) is 6.92 Å². The standard InChI is InChI=1S/C16H25N7/c1-3-4-5-14-12(2)20-16(17)21-15(14)22-8-6-13(7-9-22)23-10-18-19-11-23/h10-11,13H,3-9H2,1-2H3,(H2,17,20,21). The van der Waals surface area contributed by atoms with Crippen LogP contribution in [0.5, 0.6) is 0 Å². The first-order valence-electron chi connectivity index (χ1n) is 8.41. The van der Waals surface area contributed by atoms with Crippen molar-refractivity contribution in [2.45, 2.75) is 52.0 Å². The van der Waals surface area contributed by atoms with Gasteiger partial charge in [0.2, 0.25) is 5.95 Å². The number of nitrogens with zero attached hydrogens (tertiary/aromatic N) is 6. The second-order valence-electron chi connectivity index (χ2n) is 6.20. The van der Waals surface area contributed by atoms with Crippen molar-refractivity contribution in [3.63, 3.8) is 0 Å². The number of hydrogen-bond donors (Lipinski definition) is 1. The number of hydrogen-bond acceptors (Lipinski definition) is 6. The number of aryl methyl sites for hydroxylation is 1. The molecule has 3 rings (SSSR count). The molecular formula is C16H25N7. The molecule has 3 heterocycles. The molecule has 0 unspecified atom stereocenters. The van der Waals surface area contributed by atoms with E-state index in [-0.39, 0.29) is 0 Å². The van der Waals surface area contributed by atoms with Gasteiger partial charge in [-0.05, 0) is 32.6 Å². The van der Waals surface area contributed by atoms with Gasteiger partial charge in [-0.25, -0.2) is 4.98 Å². The van der Waals surface area contributed by atoms with E-state index < -0.39 is 0 Å². The first-order chi connectivity index (χ1) is 11.2. The van der Waals surface area contributed by atoms with Gasteiger partial charge >= 0.3 is 0 Å². The summed E-state index contributed by atoms with van der Waals surface area (Å²) < 4.78 is 2.11. The lowest BCUT2D eigenvalue weighted by Gasteiger charge is -2.34. The third-order valence-corrected chi connectivity index (χ3v) is 4.61. The van der Waals surface area contributed by atoms with Crippen LogP contribution >= 0.6 is 0 Å². The quantitative estimate of drug-likeness (QED) is 0.910. The van der Waals surface area contributed by atoms with E-state index in [0.717, 1.165) is 50.3 Å². The van der Waals surface area contributed by atoms with E-state index in [1.165, 1.54) is 12.0 Å². The number of nitrogen functional groups attached to an aromatic ring is 1. The van der Waals surface area contributed by atoms with Gasteiger partial charge in [-0.1, -0.05) is 13.3 Å². The van der Waals surface area contributed by atoms with Crippen LogP contribution in [0.3, 0.4) is 0 Å². The van der Waals surface area contributed by atoms with Crippen LogP contribution in [0.4, 0.5) is 11.8 Å². The highest BCUT2D eigenvalue weighted by atomic mass is 15.3. The maximum atomic E-state index is 5.90. The Labute approximate surface area is 136 Å². The van der Waals surface area contributed by atoms with E-state index in [9.17, 15) is 0 Å². The molecule has 0 atom stereocenters. The van der Waals surface area contributed by atoms with Gasteiger partial charge in [0.05, 0.1) is 0 Å². The molecule has 2 N–H and O–H groups in total. The summed E-state index contributed by atoms with van der Waals surface area (Å²) >= 11 is 0. The van der Waals surface area contributed by atoms with Crippen molar-refractivity contribution in [3.8, 4) is 0 Å². The first kappa shape index (κ1) is 15.7. The molecule has 0 amide bonds. The lowest BCUT2D eigenvalue weighted by molar-refractivity contribution is 0.393. The average Bonchev–Trinajstić information content (AvgIpc) is 3.08. The molecule has 0 spiro atoms. The Morgan fingerprint density at radius 1 is 1.17 bits per heavy atom. The average molecular weight is 315 g/mol. The Hall–Kier alpha value is -2.18. The fourth-order valence-corrected chi connectivity index (χ4v) is 3.28. The van der Waals surface area contributed by atoms with Gasteiger partial charge in [0.15, 0.2) is 0 Å². The van der Waals surface area contributed by atoms with E-state index in [0.29, 0.717) is 12.0 Å². The zero-order valence-corrected chi connectivity index (χ0v) is 13.9. The number of unbranched alkanes of at least 4 members (excludes halogenated alkanes) is 1. The lowest BCUT2D eigenvalue weighted by atomic mass is 10.0. The molecule has 2 aromatic heterocycles. The molecule has 1 aliphatic rings. The third-order valence-electron chi connectivity index (χ3n) is 4.61. The molecule has 7 heteroatoms. The highest BCUT2D eigenvalue weighted by Gasteiger charge is 2.24. The molecule has 124 valence electrons. The Morgan fingerprint density at radius 3 is 2.52 bits per heavy atom. The van der Waals surface area contributed by atoms with Crippen LogP contribution < -0.4 is 10.6 Å². The van der Waals surface area contributed by atoms with Gasteiger partial charge in [-0.15, -0.1) is 10.2 Å². The van der Waals surface area contributed by atoms with Crippen molar-refractivity contribution in [3.05, 3.63) is 23.9 Å². The number of nitrogens with two attached hydrogens (primary N) is 1. The van der Waals surface area contributed by atoms with Crippen LogP contribution in [0, 0.1) is 6.92 Å². The maximum absolute atomic E-state index is 5.90. The maximum Gasteiger partial charge on any atom is 0.222 e. The molecule has 1 saturated heterocycles. The van der Waals surface area contributed by atoms with Crippen LogP contribution in [0.1, 0.15) is 49.9 Å². The minimum atomic E-state index is 0.374. The monoisotopic (exact) mass is 315 g/mol. The van der Waals surface area contributed by atoms with Crippen molar-refractivity contribution < 1.29 is 0 Å². The Kier molecular flexibility index (Phi) is 4.73. The van der Waals surface area contributed by atoms with Gasteiger partial charge in [0.1, 0.15) is 18.5 Å². The topological polar surface area (TPSA) is 85.8 Å². The molecule has 1 aliphatic heterocycles. The normalized spacial score (nSPS) is 16.0. The minimum Gasteiger partial charge on any atom is -0.368 e. The highest BCUT2D eigenvalue weighted by Crippen LogP contribution is 2.29. The van der Waals surface area contributed by atoms with E-state index in [4.69, 9.17) is 5.73 Å². The summed E-state index contributed by atoms with van der Waals surface area (Å²) in [5.74, 6) is 1.41. The molecule has 0 bridgehead atoms. The SMILES string of the molecule is CCCCc1c(C)nc(N)nc1N1CCC(n2cnnc2)CC1. The summed E-state index contributed by atoms with van der Waals surface area (Å²) in [4.78, 5) is 11.3. The number of rotatable bonds is 5. The molecule has 0 aromatic carbocycles. The van der Waals surface area contributed by atoms with Crippen LogP contribution in [0.2, 0.25) is 0 Å². The molecular weight excluding hydrogens is 290 g/mol. The van der Waals surface area contributed by atoms with Gasteiger partial charge in [0, 0.05) is 30.4 Å². The van der Waals surface area contributed by atoms with Crippen molar-refractivity contribution >= 4 is 11.8 Å². The van der Waals surface area contributed by atoms with Crippen LogP contribution in [0.15, 0.2) is 12.7 Å². The van der Waals surface area contributed by atoms with E-state index in [1.54, 1.807) is 12.7 Å². The first-order valence-corrected chi connectivity index (χ1v) is 8.41. The van der Waals surface area contributed by atoms with Crippen molar-refractivity contribution in [1.29, 1.82) is 0 Å². The lowest BCUT2D eigenvalue weighted by Crippen LogP contribution is -2.36. The van der Waals surface area contributed by atoms with Crippen molar-refractivity contribution in [2.24, 2.45) is 0 Å². The zero-order chi connectivity index (χ0) is 16.2. The Morgan fingerprint density at radius 2 is 1.87 bits per heavy atom. The van der Waals surface area contributed by atoms with Gasteiger partial charge < -0.3 is 15.2 Å². The second kappa shape index (κ2) is 6.93. The van der Waals surface area contributed by atoms with Gasteiger partial charge in [0.25, 0.3) is 0 Å². The molecule has 0 aliphatic carbocycles.